The molecule has 0 fully saturated rings. The fraction of sp³-hybridized carbons (Fsp3) is 0.0417. The van der Waals surface area contributed by atoms with Crippen LogP contribution in [-0.2, 0) is 6.54 Å². The van der Waals surface area contributed by atoms with Crippen LogP contribution in [0.3, 0.4) is 0 Å². The van der Waals surface area contributed by atoms with Crippen LogP contribution in [0.25, 0.3) is 33.3 Å². The Morgan fingerprint density at radius 2 is 1.67 bits per heavy atom. The van der Waals surface area contributed by atoms with Gasteiger partial charge in [0.1, 0.15) is 22.7 Å². The summed E-state index contributed by atoms with van der Waals surface area (Å²) in [5.74, 6) is -0.0463. The zero-order valence-corrected chi connectivity index (χ0v) is 15.9. The summed E-state index contributed by atoms with van der Waals surface area (Å²) in [5.41, 5.74) is 3.00. The van der Waals surface area contributed by atoms with Crippen molar-refractivity contribution in [1.29, 1.82) is 0 Å². The first-order valence-corrected chi connectivity index (χ1v) is 9.52. The number of carbonyl (C=O) groups excluding carboxylic acids is 1. The van der Waals surface area contributed by atoms with Crippen molar-refractivity contribution in [3.05, 3.63) is 100 Å². The lowest BCUT2D eigenvalue weighted by Crippen LogP contribution is -2.26. The summed E-state index contributed by atoms with van der Waals surface area (Å²) in [6.45, 7) is 0.309. The molecule has 0 atom stereocenters. The molecule has 0 unspecified atom stereocenters. The number of nitrogens with zero attached hydrogens (tertiary/aromatic N) is 1. The van der Waals surface area contributed by atoms with Crippen molar-refractivity contribution in [3.63, 3.8) is 0 Å². The molecule has 0 aliphatic carbocycles. The van der Waals surface area contributed by atoms with Crippen molar-refractivity contribution in [2.45, 2.75) is 6.54 Å². The van der Waals surface area contributed by atoms with Crippen molar-refractivity contribution in [3.8, 4) is 11.4 Å². The molecule has 6 nitrogen and oxygen atoms in total. The van der Waals surface area contributed by atoms with Crippen LogP contribution in [-0.4, -0.2) is 15.9 Å². The smallest absolute Gasteiger partial charge is 0.270 e. The lowest BCUT2D eigenvalue weighted by atomic mass is 10.1. The Morgan fingerprint density at radius 1 is 0.900 bits per heavy atom. The number of H-pyrrole nitrogens is 1. The van der Waals surface area contributed by atoms with Gasteiger partial charge in [0.15, 0.2) is 0 Å². The third kappa shape index (κ3) is 3.35. The van der Waals surface area contributed by atoms with Crippen LogP contribution in [0.1, 0.15) is 16.1 Å². The maximum atomic E-state index is 12.6. The molecule has 2 aromatic heterocycles. The van der Waals surface area contributed by atoms with Crippen molar-refractivity contribution in [2.75, 3.05) is 0 Å². The molecule has 0 spiro atoms. The average molecular weight is 395 g/mol. The second-order valence-electron chi connectivity index (χ2n) is 6.96. The highest BCUT2D eigenvalue weighted by molar-refractivity contribution is 6.05. The third-order valence-corrected chi connectivity index (χ3v) is 4.92. The molecule has 0 bridgehead atoms. The van der Waals surface area contributed by atoms with Crippen LogP contribution in [0.15, 0.2) is 88.1 Å². The molecule has 6 heteroatoms. The predicted molar refractivity (Wildman–Crippen MR) is 115 cm³/mol. The van der Waals surface area contributed by atoms with E-state index in [1.807, 2.05) is 72.8 Å². The van der Waals surface area contributed by atoms with Crippen LogP contribution in [0.4, 0.5) is 0 Å². The van der Waals surface area contributed by atoms with Gasteiger partial charge in [-0.05, 0) is 23.8 Å². The molecule has 0 aliphatic heterocycles. The first-order valence-electron chi connectivity index (χ1n) is 9.52. The molecule has 1 amide bonds. The summed E-state index contributed by atoms with van der Waals surface area (Å²) in [6, 6.07) is 24.1. The number of nitrogens with one attached hydrogen (secondary N) is 2. The predicted octanol–water partition coefficient (Wildman–Crippen LogP) is 4.27. The van der Waals surface area contributed by atoms with Crippen molar-refractivity contribution in [2.24, 2.45) is 0 Å². The van der Waals surface area contributed by atoms with Crippen LogP contribution < -0.4 is 10.9 Å². The first kappa shape index (κ1) is 17.9. The van der Waals surface area contributed by atoms with E-state index < -0.39 is 5.91 Å². The number of hydrogen-bond acceptors (Lipinski definition) is 4. The number of furan rings is 1. The Labute approximate surface area is 171 Å². The van der Waals surface area contributed by atoms with E-state index in [1.54, 1.807) is 0 Å². The summed E-state index contributed by atoms with van der Waals surface area (Å²) in [7, 11) is 0. The number of para-hydroxylation sites is 1. The average Bonchev–Trinajstić information content (AvgIpc) is 3.15. The molecule has 2 heterocycles. The number of fused-ring (bicyclic) bond motifs is 3. The number of carbonyl (C=O) groups is 1. The van der Waals surface area contributed by atoms with Gasteiger partial charge in [-0.15, -0.1) is 0 Å². The van der Waals surface area contributed by atoms with Crippen LogP contribution in [0, 0.1) is 0 Å². The van der Waals surface area contributed by atoms with Gasteiger partial charge in [-0.25, -0.2) is 4.98 Å². The third-order valence-electron chi connectivity index (χ3n) is 4.92. The quantitative estimate of drug-likeness (QED) is 0.476. The molecule has 5 aromatic rings. The Kier molecular flexibility index (Phi) is 4.37. The summed E-state index contributed by atoms with van der Waals surface area (Å²) in [4.78, 5) is 31.6. The molecule has 0 aliphatic rings. The van der Waals surface area contributed by atoms with E-state index in [-0.39, 0.29) is 11.3 Å². The zero-order valence-electron chi connectivity index (χ0n) is 15.9. The van der Waals surface area contributed by atoms with Gasteiger partial charge in [0.2, 0.25) is 0 Å². The van der Waals surface area contributed by atoms with E-state index in [4.69, 9.17) is 4.42 Å². The lowest BCUT2D eigenvalue weighted by Gasteiger charge is -2.07. The van der Waals surface area contributed by atoms with E-state index in [1.165, 1.54) is 6.07 Å². The fourth-order valence-electron chi connectivity index (χ4n) is 3.46. The minimum atomic E-state index is -0.407. The molecular formula is C24H17N3O3. The van der Waals surface area contributed by atoms with Gasteiger partial charge in [-0.2, -0.15) is 0 Å². The maximum Gasteiger partial charge on any atom is 0.270 e. The molecular weight excluding hydrogens is 378 g/mol. The molecule has 30 heavy (non-hydrogen) atoms. The maximum absolute atomic E-state index is 12.6. The summed E-state index contributed by atoms with van der Waals surface area (Å²) < 4.78 is 5.84. The number of aromatic amines is 1. The molecule has 0 radical (unpaired) electrons. The Morgan fingerprint density at radius 3 is 2.53 bits per heavy atom. The minimum Gasteiger partial charge on any atom is -0.456 e. The number of benzene rings is 3. The zero-order chi connectivity index (χ0) is 20.5. The van der Waals surface area contributed by atoms with Gasteiger partial charge in [0.05, 0.1) is 0 Å². The van der Waals surface area contributed by atoms with Crippen molar-refractivity contribution >= 4 is 27.8 Å². The summed E-state index contributed by atoms with van der Waals surface area (Å²) in [5, 5.41) is 4.87. The number of rotatable bonds is 4. The number of amides is 1. The van der Waals surface area contributed by atoms with Gasteiger partial charge >= 0.3 is 0 Å². The van der Waals surface area contributed by atoms with Gasteiger partial charge in [-0.1, -0.05) is 54.6 Å². The Balaban J connectivity index is 1.39. The number of aromatic nitrogens is 2. The van der Waals surface area contributed by atoms with E-state index in [0.29, 0.717) is 12.4 Å². The highest BCUT2D eigenvalue weighted by Gasteiger charge is 2.12. The minimum absolute atomic E-state index is 0.0763. The normalized spacial score (nSPS) is 11.1. The van der Waals surface area contributed by atoms with E-state index in [9.17, 15) is 9.59 Å². The van der Waals surface area contributed by atoms with Crippen molar-refractivity contribution < 1.29 is 9.21 Å². The Hall–Kier alpha value is -4.19. The second-order valence-corrected chi connectivity index (χ2v) is 6.96. The van der Waals surface area contributed by atoms with E-state index in [0.717, 1.165) is 33.1 Å². The molecule has 3 aromatic carbocycles. The highest BCUT2D eigenvalue weighted by Crippen LogP contribution is 2.29. The molecule has 2 N–H and O–H groups in total. The highest BCUT2D eigenvalue weighted by atomic mass is 16.3. The van der Waals surface area contributed by atoms with Crippen LogP contribution >= 0.6 is 0 Å². The molecule has 0 saturated carbocycles. The largest absolute Gasteiger partial charge is 0.456 e. The molecule has 0 saturated heterocycles. The van der Waals surface area contributed by atoms with Gasteiger partial charge in [-0.3, -0.25) is 9.59 Å². The Bertz CT molecular complexity index is 1430. The van der Waals surface area contributed by atoms with E-state index >= 15 is 0 Å². The second kappa shape index (κ2) is 7.33. The molecule has 146 valence electrons. The van der Waals surface area contributed by atoms with Crippen LogP contribution in [0.5, 0.6) is 0 Å². The topological polar surface area (TPSA) is 88.0 Å². The van der Waals surface area contributed by atoms with Crippen LogP contribution in [0.2, 0.25) is 0 Å². The van der Waals surface area contributed by atoms with Crippen molar-refractivity contribution in [1.82, 2.24) is 15.3 Å². The molecule has 5 rings (SSSR count). The SMILES string of the molecule is O=C(NCc1ccc2oc3ccccc3c2c1)c1cc(=O)[nH]c(-c2ccccc2)n1. The van der Waals surface area contributed by atoms with Gasteiger partial charge in [0, 0.05) is 28.9 Å². The lowest BCUT2D eigenvalue weighted by molar-refractivity contribution is 0.0945. The van der Waals surface area contributed by atoms with Gasteiger partial charge < -0.3 is 14.7 Å². The summed E-state index contributed by atoms with van der Waals surface area (Å²) >= 11 is 0. The standard InChI is InChI=1S/C24H17N3O3/c28-22-13-19(26-23(27-22)16-6-2-1-3-7-16)24(29)25-14-15-10-11-21-18(12-15)17-8-4-5-9-20(17)30-21/h1-13H,14H2,(H,25,29)(H,26,27,28). The number of hydrogen-bond donors (Lipinski definition) is 2. The van der Waals surface area contributed by atoms with E-state index in [2.05, 4.69) is 15.3 Å². The van der Waals surface area contributed by atoms with Gasteiger partial charge in [0.25, 0.3) is 11.5 Å². The first-order chi connectivity index (χ1) is 14.7. The monoisotopic (exact) mass is 395 g/mol. The fourth-order valence-corrected chi connectivity index (χ4v) is 3.46. The summed E-state index contributed by atoms with van der Waals surface area (Å²) in [6.07, 6.45) is 0.